The van der Waals surface area contributed by atoms with Crippen molar-refractivity contribution in [3.05, 3.63) is 47.3 Å². The number of nitrogens with zero attached hydrogens (tertiary/aromatic N) is 2. The molecule has 2 heterocycles. The normalized spacial score (nSPS) is 13.8. The number of carboxylic acid groups (broad SMARTS) is 1. The number of benzene rings is 1. The van der Waals surface area contributed by atoms with Crippen LogP contribution in [0, 0.1) is 0 Å². The summed E-state index contributed by atoms with van der Waals surface area (Å²) in [5.41, 5.74) is 0.569. The van der Waals surface area contributed by atoms with Crippen LogP contribution in [0.5, 0.6) is 0 Å². The van der Waals surface area contributed by atoms with Gasteiger partial charge in [0, 0.05) is 6.20 Å². The molecule has 0 saturated carbocycles. The number of nitrogens with one attached hydrogen (secondary N) is 1. The third kappa shape index (κ3) is 1.52. The van der Waals surface area contributed by atoms with E-state index in [1.54, 1.807) is 0 Å². The Labute approximate surface area is 106 Å². The lowest BCUT2D eigenvalue weighted by molar-refractivity contribution is 0.0696. The first-order valence-electron chi connectivity index (χ1n) is 5.34. The molecule has 0 radical (unpaired) electrons. The first-order chi connectivity index (χ1) is 9.09. The highest BCUT2D eigenvalue weighted by Crippen LogP contribution is 2.28. The van der Waals surface area contributed by atoms with E-state index in [4.69, 9.17) is 5.11 Å². The van der Waals surface area contributed by atoms with Crippen LogP contribution in [0.25, 0.3) is 0 Å². The Morgan fingerprint density at radius 1 is 1.21 bits per heavy atom. The van der Waals surface area contributed by atoms with Gasteiger partial charge in [0.2, 0.25) is 0 Å². The Balaban J connectivity index is 2.12. The average molecular weight is 257 g/mol. The molecule has 0 bridgehead atoms. The number of aromatic nitrogens is 2. The Hall–Kier alpha value is -2.96. The Morgan fingerprint density at radius 3 is 2.58 bits per heavy atom. The number of H-pyrrole nitrogens is 1. The van der Waals surface area contributed by atoms with Gasteiger partial charge in [0.1, 0.15) is 0 Å². The van der Waals surface area contributed by atoms with E-state index >= 15 is 0 Å². The second-order valence-electron chi connectivity index (χ2n) is 3.97. The van der Waals surface area contributed by atoms with E-state index in [0.717, 1.165) is 4.90 Å². The summed E-state index contributed by atoms with van der Waals surface area (Å²) in [7, 11) is 0. The summed E-state index contributed by atoms with van der Waals surface area (Å²) in [6, 6.07) is 3.85. The van der Waals surface area contributed by atoms with Gasteiger partial charge < -0.3 is 5.11 Å². The molecule has 0 aliphatic carbocycles. The third-order valence-corrected chi connectivity index (χ3v) is 2.88. The number of anilines is 1. The fraction of sp³-hybridized carbons (Fsp3) is 0. The lowest BCUT2D eigenvalue weighted by atomic mass is 10.1. The zero-order valence-corrected chi connectivity index (χ0v) is 9.45. The lowest BCUT2D eigenvalue weighted by Gasteiger charge is -2.09. The van der Waals surface area contributed by atoms with Crippen molar-refractivity contribution in [1.29, 1.82) is 0 Å². The number of carboxylic acids is 1. The molecule has 0 fully saturated rings. The first kappa shape index (κ1) is 11.1. The molecule has 0 unspecified atom stereocenters. The van der Waals surface area contributed by atoms with Gasteiger partial charge in [-0.2, -0.15) is 5.10 Å². The molecule has 7 heteroatoms. The summed E-state index contributed by atoms with van der Waals surface area (Å²) < 4.78 is 0. The molecule has 1 aromatic heterocycles. The predicted octanol–water partition coefficient (Wildman–Crippen LogP) is 0.908. The number of hydrogen-bond donors (Lipinski definition) is 2. The number of aromatic carboxylic acids is 1. The molecular formula is C12H7N3O4. The van der Waals surface area contributed by atoms with Crippen LogP contribution in [0.4, 0.5) is 5.69 Å². The van der Waals surface area contributed by atoms with Gasteiger partial charge in [-0.1, -0.05) is 0 Å². The minimum Gasteiger partial charge on any atom is -0.478 e. The van der Waals surface area contributed by atoms with Crippen molar-refractivity contribution in [1.82, 2.24) is 10.2 Å². The standard InChI is InChI=1S/C12H7N3O4/c16-10-8-2-1-6(12(18)19)3-9(8)11(17)15(10)7-4-13-14-5-7/h1-5H,(H,13,14)(H,18,19). The fourth-order valence-corrected chi connectivity index (χ4v) is 1.97. The van der Waals surface area contributed by atoms with Gasteiger partial charge in [-0.3, -0.25) is 14.7 Å². The second kappa shape index (κ2) is 3.77. The van der Waals surface area contributed by atoms with Gasteiger partial charge in [0.25, 0.3) is 11.8 Å². The molecule has 2 amide bonds. The van der Waals surface area contributed by atoms with E-state index in [1.807, 2.05) is 0 Å². The summed E-state index contributed by atoms with van der Waals surface area (Å²) in [5, 5.41) is 15.1. The van der Waals surface area contributed by atoms with Crippen molar-refractivity contribution in [2.45, 2.75) is 0 Å². The fourth-order valence-electron chi connectivity index (χ4n) is 1.97. The first-order valence-corrected chi connectivity index (χ1v) is 5.34. The number of amides is 2. The van der Waals surface area contributed by atoms with Gasteiger partial charge in [-0.25, -0.2) is 9.69 Å². The number of carbonyl (C=O) groups is 3. The summed E-state index contributed by atoms with van der Waals surface area (Å²) in [5.74, 6) is -2.19. The molecule has 0 saturated heterocycles. The predicted molar refractivity (Wildman–Crippen MR) is 63.1 cm³/mol. The monoisotopic (exact) mass is 257 g/mol. The van der Waals surface area contributed by atoms with Crippen LogP contribution in [0.15, 0.2) is 30.6 Å². The number of aromatic amines is 1. The van der Waals surface area contributed by atoms with Crippen molar-refractivity contribution in [3.63, 3.8) is 0 Å². The van der Waals surface area contributed by atoms with Crippen molar-refractivity contribution in [2.24, 2.45) is 0 Å². The topological polar surface area (TPSA) is 103 Å². The third-order valence-electron chi connectivity index (χ3n) is 2.88. The van der Waals surface area contributed by atoms with Crippen LogP contribution < -0.4 is 4.90 Å². The molecule has 1 aliphatic heterocycles. The molecule has 0 spiro atoms. The zero-order chi connectivity index (χ0) is 13.6. The van der Waals surface area contributed by atoms with Gasteiger partial charge in [-0.15, -0.1) is 0 Å². The SMILES string of the molecule is O=C(O)c1ccc2c(c1)C(=O)N(c1cn[nH]c1)C2=O. The van der Waals surface area contributed by atoms with Gasteiger partial charge in [0.15, 0.2) is 0 Å². The van der Waals surface area contributed by atoms with Crippen LogP contribution >= 0.6 is 0 Å². The number of imide groups is 1. The summed E-state index contributed by atoms with van der Waals surface area (Å²) >= 11 is 0. The van der Waals surface area contributed by atoms with Crippen molar-refractivity contribution in [3.8, 4) is 0 Å². The number of fused-ring (bicyclic) bond motifs is 1. The molecule has 1 aliphatic rings. The average Bonchev–Trinajstić information content (AvgIpc) is 2.98. The Bertz CT molecular complexity index is 706. The minimum atomic E-state index is -1.15. The highest BCUT2D eigenvalue weighted by Gasteiger charge is 2.37. The van der Waals surface area contributed by atoms with Gasteiger partial charge in [0.05, 0.1) is 28.6 Å². The highest BCUT2D eigenvalue weighted by molar-refractivity contribution is 6.34. The van der Waals surface area contributed by atoms with E-state index in [-0.39, 0.29) is 16.7 Å². The summed E-state index contributed by atoms with van der Waals surface area (Å²) in [6.07, 6.45) is 2.76. The molecule has 7 nitrogen and oxygen atoms in total. The van der Waals surface area contributed by atoms with Crippen LogP contribution in [0.3, 0.4) is 0 Å². The van der Waals surface area contributed by atoms with Crippen molar-refractivity contribution >= 4 is 23.5 Å². The van der Waals surface area contributed by atoms with Gasteiger partial charge >= 0.3 is 5.97 Å². The smallest absolute Gasteiger partial charge is 0.335 e. The van der Waals surface area contributed by atoms with E-state index < -0.39 is 17.8 Å². The van der Waals surface area contributed by atoms with E-state index in [0.29, 0.717) is 5.69 Å². The highest BCUT2D eigenvalue weighted by atomic mass is 16.4. The largest absolute Gasteiger partial charge is 0.478 e. The lowest BCUT2D eigenvalue weighted by Crippen LogP contribution is -2.28. The van der Waals surface area contributed by atoms with E-state index in [9.17, 15) is 14.4 Å². The van der Waals surface area contributed by atoms with E-state index in [2.05, 4.69) is 10.2 Å². The van der Waals surface area contributed by atoms with Crippen LogP contribution in [0.2, 0.25) is 0 Å². The number of carbonyl (C=O) groups excluding carboxylic acids is 2. The molecule has 1 aromatic carbocycles. The molecular weight excluding hydrogens is 250 g/mol. The maximum absolute atomic E-state index is 12.2. The van der Waals surface area contributed by atoms with E-state index in [1.165, 1.54) is 30.6 Å². The Kier molecular flexibility index (Phi) is 2.21. The maximum atomic E-state index is 12.2. The molecule has 2 N–H and O–H groups in total. The zero-order valence-electron chi connectivity index (χ0n) is 9.45. The van der Waals surface area contributed by atoms with Crippen LogP contribution in [0.1, 0.15) is 31.1 Å². The Morgan fingerprint density at radius 2 is 1.95 bits per heavy atom. The maximum Gasteiger partial charge on any atom is 0.335 e. The molecule has 94 valence electrons. The van der Waals surface area contributed by atoms with Crippen LogP contribution in [-0.2, 0) is 0 Å². The second-order valence-corrected chi connectivity index (χ2v) is 3.97. The minimum absolute atomic E-state index is 0.0334. The molecule has 2 aromatic rings. The summed E-state index contributed by atoms with van der Waals surface area (Å²) in [4.78, 5) is 36.1. The molecule has 0 atom stereocenters. The molecule has 19 heavy (non-hydrogen) atoms. The number of hydrogen-bond acceptors (Lipinski definition) is 4. The van der Waals surface area contributed by atoms with Gasteiger partial charge in [-0.05, 0) is 18.2 Å². The van der Waals surface area contributed by atoms with Crippen LogP contribution in [-0.4, -0.2) is 33.1 Å². The quantitative estimate of drug-likeness (QED) is 0.778. The summed E-state index contributed by atoms with van der Waals surface area (Å²) in [6.45, 7) is 0. The number of rotatable bonds is 2. The van der Waals surface area contributed by atoms with Crippen molar-refractivity contribution in [2.75, 3.05) is 4.90 Å². The van der Waals surface area contributed by atoms with Crippen molar-refractivity contribution < 1.29 is 19.5 Å². The molecule has 3 rings (SSSR count).